The van der Waals surface area contributed by atoms with E-state index in [0.717, 1.165) is 47.8 Å². The van der Waals surface area contributed by atoms with Crippen molar-refractivity contribution in [2.45, 2.75) is 70.4 Å². The lowest BCUT2D eigenvalue weighted by molar-refractivity contribution is -0.130. The lowest BCUT2D eigenvalue weighted by Gasteiger charge is -2.30. The van der Waals surface area contributed by atoms with Gasteiger partial charge in [-0.05, 0) is 62.8 Å². The Kier molecular flexibility index (Phi) is 9.12. The highest BCUT2D eigenvalue weighted by Gasteiger charge is 2.37. The van der Waals surface area contributed by atoms with Gasteiger partial charge >= 0.3 is 0 Å². The number of para-hydroxylation sites is 1. The second kappa shape index (κ2) is 12.7. The van der Waals surface area contributed by atoms with Crippen molar-refractivity contribution in [2.75, 3.05) is 13.1 Å². The number of carbonyl (C=O) groups excluding carboxylic acids is 3. The summed E-state index contributed by atoms with van der Waals surface area (Å²) in [6.45, 7) is 2.80. The molecular weight excluding hydrogens is 464 g/mol. The number of hydrogen-bond donors (Lipinski definition) is 3. The quantitative estimate of drug-likeness (QED) is 0.302. The fourth-order valence-corrected chi connectivity index (χ4v) is 5.54. The molecular formula is C30H38N4O3. The number of aromatic nitrogens is 1. The Balaban J connectivity index is 1.45. The third kappa shape index (κ3) is 6.66. The number of primary amides is 1. The molecule has 0 bridgehead atoms. The minimum absolute atomic E-state index is 0.0548. The lowest BCUT2D eigenvalue weighted by atomic mass is 10.0. The molecule has 4 rings (SSSR count). The Morgan fingerprint density at radius 2 is 1.81 bits per heavy atom. The molecule has 1 aromatic heterocycles. The number of benzene rings is 2. The molecule has 4 N–H and O–H groups in total. The van der Waals surface area contributed by atoms with Gasteiger partial charge in [0.25, 0.3) is 0 Å². The summed E-state index contributed by atoms with van der Waals surface area (Å²) in [7, 11) is 0. The minimum atomic E-state index is -0.397. The van der Waals surface area contributed by atoms with Gasteiger partial charge in [0.15, 0.2) is 0 Å². The molecule has 7 nitrogen and oxygen atoms in total. The molecule has 1 aliphatic rings. The van der Waals surface area contributed by atoms with Crippen molar-refractivity contribution in [2.24, 2.45) is 5.73 Å². The Morgan fingerprint density at radius 3 is 2.57 bits per heavy atom. The van der Waals surface area contributed by atoms with E-state index in [1.807, 2.05) is 35.2 Å². The first-order chi connectivity index (χ1) is 18.0. The van der Waals surface area contributed by atoms with Gasteiger partial charge in [0, 0.05) is 29.6 Å². The highest BCUT2D eigenvalue weighted by molar-refractivity contribution is 5.91. The number of Topliss-reactive ketones (excluding diaryl/α,β-unsaturated/α-hetero) is 1. The summed E-state index contributed by atoms with van der Waals surface area (Å²) in [6, 6.07) is 17.7. The maximum atomic E-state index is 13.5. The fourth-order valence-electron chi connectivity index (χ4n) is 5.54. The van der Waals surface area contributed by atoms with Crippen LogP contribution in [0.15, 0.2) is 54.6 Å². The van der Waals surface area contributed by atoms with Crippen LogP contribution in [0, 0.1) is 0 Å². The summed E-state index contributed by atoms with van der Waals surface area (Å²) >= 11 is 0. The number of rotatable bonds is 13. The zero-order valence-corrected chi connectivity index (χ0v) is 21.7. The van der Waals surface area contributed by atoms with Crippen LogP contribution < -0.4 is 11.1 Å². The van der Waals surface area contributed by atoms with Gasteiger partial charge in [-0.2, -0.15) is 0 Å². The maximum absolute atomic E-state index is 13.5. The number of nitrogens with zero attached hydrogens (tertiary/aromatic N) is 1. The van der Waals surface area contributed by atoms with E-state index in [9.17, 15) is 14.4 Å². The first kappa shape index (κ1) is 26.6. The summed E-state index contributed by atoms with van der Waals surface area (Å²) in [5.74, 6) is -0.228. The Labute approximate surface area is 218 Å². The van der Waals surface area contributed by atoms with Gasteiger partial charge in [-0.1, -0.05) is 61.4 Å². The number of amides is 2. The van der Waals surface area contributed by atoms with Crippen molar-refractivity contribution < 1.29 is 14.4 Å². The average Bonchev–Trinajstić information content (AvgIpc) is 3.52. The molecule has 0 unspecified atom stereocenters. The highest BCUT2D eigenvalue weighted by Crippen LogP contribution is 2.30. The largest absolute Gasteiger partial charge is 0.368 e. The standard InChI is InChI=1S/C30H38N4O3/c1-21(35)11-4-2-7-16-27(34-20-10-17-26(34)29(31)36)30(37)32-19-18-24-23-14-8-9-15-25(23)33-28(24)22-12-5-3-6-13-22/h3,5-6,8-9,12-15,26-27,33H,2,4,7,10-11,16-20H2,1H3,(H2,31,36)(H,32,37)/t26-,27-/m0/s1. The van der Waals surface area contributed by atoms with Gasteiger partial charge in [-0.3, -0.25) is 14.5 Å². The van der Waals surface area contributed by atoms with E-state index >= 15 is 0 Å². The van der Waals surface area contributed by atoms with E-state index in [2.05, 4.69) is 34.6 Å². The number of nitrogens with one attached hydrogen (secondary N) is 2. The van der Waals surface area contributed by atoms with E-state index in [1.54, 1.807) is 6.92 Å². The number of aromatic amines is 1. The average molecular weight is 503 g/mol. The van der Waals surface area contributed by atoms with Crippen molar-refractivity contribution >= 4 is 28.5 Å². The summed E-state index contributed by atoms with van der Waals surface area (Å²) in [4.78, 5) is 42.3. The van der Waals surface area contributed by atoms with E-state index in [-0.39, 0.29) is 17.6 Å². The van der Waals surface area contributed by atoms with E-state index in [0.29, 0.717) is 38.8 Å². The van der Waals surface area contributed by atoms with Crippen LogP contribution in [0.1, 0.15) is 57.4 Å². The molecule has 3 aromatic rings. The van der Waals surface area contributed by atoms with Crippen LogP contribution in [0.2, 0.25) is 0 Å². The third-order valence-corrected chi connectivity index (χ3v) is 7.38. The maximum Gasteiger partial charge on any atom is 0.237 e. The van der Waals surface area contributed by atoms with Gasteiger partial charge in [0.05, 0.1) is 12.1 Å². The van der Waals surface area contributed by atoms with E-state index in [1.165, 1.54) is 5.56 Å². The summed E-state index contributed by atoms with van der Waals surface area (Å²) < 4.78 is 0. The smallest absolute Gasteiger partial charge is 0.237 e. The van der Waals surface area contributed by atoms with Crippen LogP contribution in [-0.4, -0.2) is 52.7 Å². The van der Waals surface area contributed by atoms with Gasteiger partial charge in [-0.25, -0.2) is 0 Å². The van der Waals surface area contributed by atoms with Crippen LogP contribution in [0.4, 0.5) is 0 Å². The van der Waals surface area contributed by atoms with Crippen LogP contribution >= 0.6 is 0 Å². The third-order valence-electron chi connectivity index (χ3n) is 7.38. The zero-order chi connectivity index (χ0) is 26.2. The van der Waals surface area contributed by atoms with Crippen LogP contribution in [0.5, 0.6) is 0 Å². The van der Waals surface area contributed by atoms with Crippen LogP contribution in [0.3, 0.4) is 0 Å². The molecule has 1 saturated heterocycles. The number of ketones is 1. The number of nitrogens with two attached hydrogens (primary N) is 1. The number of unbranched alkanes of at least 4 members (excludes halogenated alkanes) is 2. The fraction of sp³-hybridized carbons (Fsp3) is 0.433. The molecule has 2 atom stereocenters. The van der Waals surface area contributed by atoms with Crippen molar-refractivity contribution in [3.8, 4) is 11.3 Å². The molecule has 37 heavy (non-hydrogen) atoms. The predicted molar refractivity (Wildman–Crippen MR) is 147 cm³/mol. The molecule has 2 amide bonds. The molecule has 1 fully saturated rings. The van der Waals surface area contributed by atoms with Crippen molar-refractivity contribution in [3.63, 3.8) is 0 Å². The molecule has 0 radical (unpaired) electrons. The number of hydrogen-bond acceptors (Lipinski definition) is 4. The Hall–Kier alpha value is -3.45. The number of fused-ring (bicyclic) bond motifs is 1. The number of H-pyrrole nitrogens is 1. The lowest BCUT2D eigenvalue weighted by Crippen LogP contribution is -2.52. The summed E-state index contributed by atoms with van der Waals surface area (Å²) in [5.41, 5.74) is 10.1. The zero-order valence-electron chi connectivity index (χ0n) is 21.7. The molecule has 0 aliphatic carbocycles. The Bertz CT molecular complexity index is 1220. The molecule has 0 saturated carbocycles. The van der Waals surface area contributed by atoms with Gasteiger partial charge in [0.1, 0.15) is 5.78 Å². The molecule has 2 aromatic carbocycles. The van der Waals surface area contributed by atoms with Gasteiger partial charge in [-0.15, -0.1) is 0 Å². The normalized spacial score (nSPS) is 16.6. The van der Waals surface area contributed by atoms with Gasteiger partial charge in [0.2, 0.25) is 11.8 Å². The predicted octanol–water partition coefficient (Wildman–Crippen LogP) is 4.35. The molecule has 7 heteroatoms. The molecule has 0 spiro atoms. The molecule has 2 heterocycles. The topological polar surface area (TPSA) is 108 Å². The highest BCUT2D eigenvalue weighted by atomic mass is 16.2. The van der Waals surface area contributed by atoms with Crippen molar-refractivity contribution in [3.05, 3.63) is 60.2 Å². The van der Waals surface area contributed by atoms with E-state index < -0.39 is 12.1 Å². The second-order valence-electron chi connectivity index (χ2n) is 10.0. The second-order valence-corrected chi connectivity index (χ2v) is 10.0. The molecule has 196 valence electrons. The first-order valence-electron chi connectivity index (χ1n) is 13.4. The SMILES string of the molecule is CC(=O)CCCCC[C@@H](C(=O)NCCc1c(-c2ccccc2)[nH]c2ccccc12)N1CCC[C@H]1C(N)=O. The Morgan fingerprint density at radius 1 is 1.05 bits per heavy atom. The van der Waals surface area contributed by atoms with Crippen LogP contribution in [0.25, 0.3) is 22.2 Å². The minimum Gasteiger partial charge on any atom is -0.368 e. The monoisotopic (exact) mass is 502 g/mol. The molecule has 1 aliphatic heterocycles. The van der Waals surface area contributed by atoms with E-state index in [4.69, 9.17) is 5.73 Å². The first-order valence-corrected chi connectivity index (χ1v) is 13.4. The van der Waals surface area contributed by atoms with Crippen molar-refractivity contribution in [1.29, 1.82) is 0 Å². The van der Waals surface area contributed by atoms with Crippen molar-refractivity contribution in [1.82, 2.24) is 15.2 Å². The summed E-state index contributed by atoms with van der Waals surface area (Å²) in [5, 5.41) is 4.32. The summed E-state index contributed by atoms with van der Waals surface area (Å²) in [6.07, 6.45) is 5.99. The number of likely N-dealkylation sites (tertiary alicyclic amines) is 1. The van der Waals surface area contributed by atoms with Gasteiger partial charge < -0.3 is 20.8 Å². The van der Waals surface area contributed by atoms with Crippen LogP contribution in [-0.2, 0) is 20.8 Å². The number of carbonyl (C=O) groups is 3.